The Morgan fingerprint density at radius 2 is 1.83 bits per heavy atom. The van der Waals surface area contributed by atoms with E-state index in [1.807, 2.05) is 54.6 Å². The van der Waals surface area contributed by atoms with Crippen LogP contribution in [0.2, 0.25) is 0 Å². The third-order valence-corrected chi connectivity index (χ3v) is 5.54. The Kier molecular flexibility index (Phi) is 4.18. The van der Waals surface area contributed by atoms with Crippen LogP contribution in [0, 0.1) is 0 Å². The van der Waals surface area contributed by atoms with Gasteiger partial charge in [-0.05, 0) is 30.2 Å². The van der Waals surface area contributed by atoms with Crippen LogP contribution >= 0.6 is 0 Å². The van der Waals surface area contributed by atoms with Crippen molar-refractivity contribution in [2.75, 3.05) is 13.2 Å². The maximum atomic E-state index is 13.2. The molecule has 0 saturated carbocycles. The molecule has 1 unspecified atom stereocenters. The van der Waals surface area contributed by atoms with Gasteiger partial charge >= 0.3 is 0 Å². The van der Waals surface area contributed by atoms with E-state index in [0.29, 0.717) is 47.7 Å². The minimum absolute atomic E-state index is 0.170. The van der Waals surface area contributed by atoms with Crippen molar-refractivity contribution in [2.45, 2.75) is 12.1 Å². The van der Waals surface area contributed by atoms with Gasteiger partial charge in [-0.2, -0.15) is 0 Å². The second kappa shape index (κ2) is 6.87. The predicted molar refractivity (Wildman–Crippen MR) is 111 cm³/mol. The molecular weight excluding hydrogens is 364 g/mol. The molecule has 0 fully saturated rings. The summed E-state index contributed by atoms with van der Waals surface area (Å²) in [6.07, 6.45) is 2.34. The lowest BCUT2D eigenvalue weighted by molar-refractivity contribution is -0.0493. The van der Waals surface area contributed by atoms with Gasteiger partial charge in [0.2, 0.25) is 0 Å². The van der Waals surface area contributed by atoms with Crippen LogP contribution in [0.3, 0.4) is 0 Å². The van der Waals surface area contributed by atoms with Crippen LogP contribution in [0.25, 0.3) is 0 Å². The quantitative estimate of drug-likeness (QED) is 0.747. The first-order valence-electron chi connectivity index (χ1n) is 9.65. The molecule has 0 bridgehead atoms. The fourth-order valence-corrected chi connectivity index (χ4v) is 4.09. The lowest BCUT2D eigenvalue weighted by Gasteiger charge is -2.35. The molecule has 5 heteroatoms. The molecule has 0 aromatic heterocycles. The number of aliphatic imine (C=N–C) groups is 1. The van der Waals surface area contributed by atoms with Gasteiger partial charge in [0, 0.05) is 29.4 Å². The molecule has 3 aromatic rings. The van der Waals surface area contributed by atoms with E-state index in [-0.39, 0.29) is 5.91 Å². The topological polar surface area (TPSA) is 62.1 Å². The van der Waals surface area contributed by atoms with E-state index in [2.05, 4.69) is 4.99 Å². The average molecular weight is 384 g/mol. The molecule has 3 aromatic carbocycles. The molecule has 0 aliphatic carbocycles. The molecular formula is C24H20N2O3. The van der Waals surface area contributed by atoms with Gasteiger partial charge in [0.05, 0.1) is 0 Å². The number of ether oxygens (including phenoxy) is 1. The van der Waals surface area contributed by atoms with Crippen molar-refractivity contribution in [3.05, 3.63) is 95.1 Å². The number of carbonyl (C=O) groups is 1. The molecule has 1 amide bonds. The van der Waals surface area contributed by atoms with Crippen molar-refractivity contribution in [1.29, 1.82) is 0 Å². The zero-order valence-electron chi connectivity index (χ0n) is 15.8. The van der Waals surface area contributed by atoms with Crippen LogP contribution in [0.5, 0.6) is 5.75 Å². The third kappa shape index (κ3) is 2.82. The Morgan fingerprint density at radius 3 is 2.69 bits per heavy atom. The molecule has 2 heterocycles. The summed E-state index contributed by atoms with van der Waals surface area (Å²) in [5, 5.41) is 11.9. The maximum Gasteiger partial charge on any atom is 0.257 e. The Bertz CT molecular complexity index is 1110. The van der Waals surface area contributed by atoms with Gasteiger partial charge in [0.15, 0.2) is 5.72 Å². The van der Waals surface area contributed by atoms with E-state index in [1.54, 1.807) is 29.3 Å². The molecule has 29 heavy (non-hydrogen) atoms. The van der Waals surface area contributed by atoms with Gasteiger partial charge in [-0.3, -0.25) is 9.79 Å². The van der Waals surface area contributed by atoms with E-state index >= 15 is 0 Å². The van der Waals surface area contributed by atoms with Gasteiger partial charge in [-0.15, -0.1) is 0 Å². The number of amides is 1. The highest BCUT2D eigenvalue weighted by Gasteiger charge is 2.49. The number of fused-ring (bicyclic) bond motifs is 2. The van der Waals surface area contributed by atoms with E-state index in [4.69, 9.17) is 4.74 Å². The lowest BCUT2D eigenvalue weighted by atomic mass is 9.93. The summed E-state index contributed by atoms with van der Waals surface area (Å²) in [6, 6.07) is 22.6. The molecule has 2 aliphatic rings. The van der Waals surface area contributed by atoms with Crippen LogP contribution in [0.4, 0.5) is 5.69 Å². The van der Waals surface area contributed by atoms with Crippen LogP contribution in [-0.2, 0) is 12.1 Å². The second-order valence-electron chi connectivity index (χ2n) is 7.22. The van der Waals surface area contributed by atoms with E-state index in [9.17, 15) is 9.90 Å². The first-order valence-corrected chi connectivity index (χ1v) is 9.65. The summed E-state index contributed by atoms with van der Waals surface area (Å²) in [6.45, 7) is 0.825. The largest absolute Gasteiger partial charge is 0.486 e. The Labute approximate surface area is 168 Å². The van der Waals surface area contributed by atoms with E-state index < -0.39 is 5.72 Å². The van der Waals surface area contributed by atoms with Crippen LogP contribution in [0.15, 0.2) is 77.8 Å². The highest BCUT2D eigenvalue weighted by atomic mass is 16.5. The zero-order valence-corrected chi connectivity index (χ0v) is 15.8. The monoisotopic (exact) mass is 384 g/mol. The molecule has 144 valence electrons. The number of rotatable bonds is 4. The summed E-state index contributed by atoms with van der Waals surface area (Å²) in [7, 11) is 0. The molecule has 0 saturated heterocycles. The number of nitrogens with zero attached hydrogens (tertiary/aromatic N) is 2. The molecule has 1 atom stereocenters. The standard InChI is InChI=1S/C24H20N2O3/c27-23-19-8-4-5-9-20(19)24(28,26(23)14-12-17-6-2-1-3-7-17)18-10-11-22-21(16-18)25-13-15-29-22/h1-11,13,16,28H,12,14-15H2. The van der Waals surface area contributed by atoms with Gasteiger partial charge in [0.25, 0.3) is 5.91 Å². The highest BCUT2D eigenvalue weighted by Crippen LogP contribution is 2.44. The van der Waals surface area contributed by atoms with Crippen LogP contribution in [-0.4, -0.2) is 35.3 Å². The third-order valence-electron chi connectivity index (χ3n) is 5.54. The van der Waals surface area contributed by atoms with E-state index in [1.165, 1.54) is 0 Å². The summed E-state index contributed by atoms with van der Waals surface area (Å²) < 4.78 is 5.59. The molecule has 1 N–H and O–H groups in total. The van der Waals surface area contributed by atoms with Crippen molar-refractivity contribution in [1.82, 2.24) is 4.90 Å². The van der Waals surface area contributed by atoms with Crippen molar-refractivity contribution in [2.24, 2.45) is 4.99 Å². The van der Waals surface area contributed by atoms with E-state index in [0.717, 1.165) is 5.56 Å². The SMILES string of the molecule is O=C1c2ccccc2C(O)(c2ccc3c(c2)N=CCO3)N1CCc1ccccc1. The summed E-state index contributed by atoms with van der Waals surface area (Å²) in [5.41, 5.74) is 1.94. The normalized spacial score (nSPS) is 19.6. The first-order chi connectivity index (χ1) is 14.2. The molecule has 0 spiro atoms. The fourth-order valence-electron chi connectivity index (χ4n) is 4.09. The summed E-state index contributed by atoms with van der Waals surface area (Å²) >= 11 is 0. The number of benzene rings is 3. The minimum Gasteiger partial charge on any atom is -0.486 e. The smallest absolute Gasteiger partial charge is 0.257 e. The van der Waals surface area contributed by atoms with Gasteiger partial charge in [0.1, 0.15) is 18.0 Å². The van der Waals surface area contributed by atoms with Crippen LogP contribution < -0.4 is 4.74 Å². The summed E-state index contributed by atoms with van der Waals surface area (Å²) in [5.74, 6) is 0.504. The Morgan fingerprint density at radius 1 is 1.03 bits per heavy atom. The average Bonchev–Trinajstić information content (AvgIpc) is 3.00. The van der Waals surface area contributed by atoms with Gasteiger partial charge in [-0.25, -0.2) is 0 Å². The maximum absolute atomic E-state index is 13.2. The van der Waals surface area contributed by atoms with Crippen molar-refractivity contribution >= 4 is 17.8 Å². The first kappa shape index (κ1) is 17.6. The number of carbonyl (C=O) groups excluding carboxylic acids is 1. The minimum atomic E-state index is -1.55. The Hall–Kier alpha value is -3.44. The molecule has 5 nitrogen and oxygen atoms in total. The van der Waals surface area contributed by atoms with Crippen molar-refractivity contribution in [3.8, 4) is 5.75 Å². The predicted octanol–water partition coefficient (Wildman–Crippen LogP) is 3.67. The van der Waals surface area contributed by atoms with Gasteiger partial charge < -0.3 is 14.7 Å². The molecule has 2 aliphatic heterocycles. The van der Waals surface area contributed by atoms with Crippen LogP contribution in [0.1, 0.15) is 27.0 Å². The van der Waals surface area contributed by atoms with Crippen molar-refractivity contribution < 1.29 is 14.6 Å². The zero-order chi connectivity index (χ0) is 19.8. The number of aliphatic hydroxyl groups is 1. The highest BCUT2D eigenvalue weighted by molar-refractivity contribution is 6.00. The fraction of sp³-hybridized carbons (Fsp3) is 0.167. The lowest BCUT2D eigenvalue weighted by Crippen LogP contribution is -2.45. The summed E-state index contributed by atoms with van der Waals surface area (Å²) in [4.78, 5) is 19.1. The number of hydrogen-bond donors (Lipinski definition) is 1. The second-order valence-corrected chi connectivity index (χ2v) is 7.22. The van der Waals surface area contributed by atoms with Gasteiger partial charge in [-0.1, -0.05) is 54.6 Å². The van der Waals surface area contributed by atoms with Crippen molar-refractivity contribution in [3.63, 3.8) is 0 Å². The molecule has 5 rings (SSSR count). The molecule has 0 radical (unpaired) electrons. The Balaban J connectivity index is 1.58. The number of hydrogen-bond acceptors (Lipinski definition) is 4.